The molecule has 1 aliphatic heterocycles. The van der Waals surface area contributed by atoms with E-state index in [1.807, 2.05) is 19.2 Å². The molecule has 1 fully saturated rings. The molecule has 2 rings (SSSR count). The van der Waals surface area contributed by atoms with Crippen LogP contribution >= 0.6 is 0 Å². The topological polar surface area (TPSA) is 51.4 Å². The van der Waals surface area contributed by atoms with Gasteiger partial charge in [-0.1, -0.05) is 0 Å². The van der Waals surface area contributed by atoms with E-state index in [0.717, 1.165) is 31.1 Å². The minimum Gasteiger partial charge on any atom is -0.381 e. The molecule has 0 aromatic carbocycles. The highest BCUT2D eigenvalue weighted by Gasteiger charge is 2.16. The zero-order valence-electron chi connectivity index (χ0n) is 11.3. The molecule has 0 bridgehead atoms. The maximum absolute atomic E-state index is 5.90. The fourth-order valence-electron chi connectivity index (χ4n) is 2.36. The van der Waals surface area contributed by atoms with Crippen molar-refractivity contribution in [1.29, 1.82) is 0 Å². The molecule has 0 amide bonds. The van der Waals surface area contributed by atoms with Crippen molar-refractivity contribution in [2.75, 3.05) is 31.7 Å². The van der Waals surface area contributed by atoms with Crippen LogP contribution in [-0.4, -0.2) is 31.8 Å². The standard InChI is InChI=1S/C14H23N3O/c1-11(15)13-5-6-16-14(8-13)17(2)9-12-4-3-7-18-10-12/h5-6,8,11-12H,3-4,7,9-10,15H2,1-2H3/t11-,12?/m0/s1. The Balaban J connectivity index is 1.99. The van der Waals surface area contributed by atoms with Gasteiger partial charge in [0.15, 0.2) is 0 Å². The molecular weight excluding hydrogens is 226 g/mol. The number of anilines is 1. The Morgan fingerprint density at radius 1 is 1.61 bits per heavy atom. The van der Waals surface area contributed by atoms with Crippen molar-refractivity contribution >= 4 is 5.82 Å². The van der Waals surface area contributed by atoms with E-state index < -0.39 is 0 Å². The van der Waals surface area contributed by atoms with E-state index in [-0.39, 0.29) is 6.04 Å². The third kappa shape index (κ3) is 3.43. The highest BCUT2D eigenvalue weighted by molar-refractivity contribution is 5.40. The lowest BCUT2D eigenvalue weighted by molar-refractivity contribution is 0.0576. The first-order chi connectivity index (χ1) is 8.66. The van der Waals surface area contributed by atoms with Gasteiger partial charge in [-0.2, -0.15) is 0 Å². The molecule has 18 heavy (non-hydrogen) atoms. The summed E-state index contributed by atoms with van der Waals surface area (Å²) < 4.78 is 5.51. The van der Waals surface area contributed by atoms with Crippen LogP contribution < -0.4 is 10.6 Å². The van der Waals surface area contributed by atoms with E-state index in [0.29, 0.717) is 5.92 Å². The molecule has 2 heterocycles. The van der Waals surface area contributed by atoms with Crippen LogP contribution in [0.5, 0.6) is 0 Å². The van der Waals surface area contributed by atoms with Crippen LogP contribution in [0.4, 0.5) is 5.82 Å². The van der Waals surface area contributed by atoms with Gasteiger partial charge in [-0.15, -0.1) is 0 Å². The molecule has 0 radical (unpaired) electrons. The van der Waals surface area contributed by atoms with E-state index in [9.17, 15) is 0 Å². The number of nitrogens with zero attached hydrogens (tertiary/aromatic N) is 2. The van der Waals surface area contributed by atoms with Crippen LogP contribution in [0.3, 0.4) is 0 Å². The zero-order valence-corrected chi connectivity index (χ0v) is 11.3. The summed E-state index contributed by atoms with van der Waals surface area (Å²) in [4.78, 5) is 6.62. The first-order valence-corrected chi connectivity index (χ1v) is 6.67. The number of nitrogens with two attached hydrogens (primary N) is 1. The Morgan fingerprint density at radius 2 is 2.44 bits per heavy atom. The zero-order chi connectivity index (χ0) is 13.0. The summed E-state index contributed by atoms with van der Waals surface area (Å²) in [6.45, 7) is 4.78. The Hall–Kier alpha value is -1.13. The van der Waals surface area contributed by atoms with Gasteiger partial charge in [-0.05, 0) is 43.4 Å². The van der Waals surface area contributed by atoms with Crippen LogP contribution in [0.25, 0.3) is 0 Å². The second kappa shape index (κ2) is 6.16. The van der Waals surface area contributed by atoms with Gasteiger partial charge in [-0.3, -0.25) is 0 Å². The fraction of sp³-hybridized carbons (Fsp3) is 0.643. The molecule has 2 atom stereocenters. The van der Waals surface area contributed by atoms with E-state index >= 15 is 0 Å². The van der Waals surface area contributed by atoms with Crippen molar-refractivity contribution in [2.45, 2.75) is 25.8 Å². The van der Waals surface area contributed by atoms with Crippen molar-refractivity contribution in [3.63, 3.8) is 0 Å². The molecule has 1 unspecified atom stereocenters. The normalized spacial score (nSPS) is 21.6. The van der Waals surface area contributed by atoms with Crippen molar-refractivity contribution in [3.05, 3.63) is 23.9 Å². The Morgan fingerprint density at radius 3 is 3.11 bits per heavy atom. The Labute approximate surface area is 109 Å². The monoisotopic (exact) mass is 249 g/mol. The quantitative estimate of drug-likeness (QED) is 0.886. The highest BCUT2D eigenvalue weighted by Crippen LogP contribution is 2.19. The fourth-order valence-corrected chi connectivity index (χ4v) is 2.36. The lowest BCUT2D eigenvalue weighted by atomic mass is 10.0. The molecule has 1 aromatic heterocycles. The number of pyridine rings is 1. The van der Waals surface area contributed by atoms with E-state index in [1.165, 1.54) is 12.8 Å². The molecule has 1 aromatic rings. The summed E-state index contributed by atoms with van der Waals surface area (Å²) >= 11 is 0. The van der Waals surface area contributed by atoms with Crippen molar-refractivity contribution in [3.8, 4) is 0 Å². The second-order valence-electron chi connectivity index (χ2n) is 5.20. The maximum Gasteiger partial charge on any atom is 0.128 e. The molecule has 1 aliphatic rings. The van der Waals surface area contributed by atoms with Crippen LogP contribution in [0, 0.1) is 5.92 Å². The molecular formula is C14H23N3O. The van der Waals surface area contributed by atoms with Crippen molar-refractivity contribution in [1.82, 2.24) is 4.98 Å². The van der Waals surface area contributed by atoms with Gasteiger partial charge in [0.2, 0.25) is 0 Å². The highest BCUT2D eigenvalue weighted by atomic mass is 16.5. The first kappa shape index (κ1) is 13.3. The minimum absolute atomic E-state index is 0.0539. The van der Waals surface area contributed by atoms with Gasteiger partial charge in [-0.25, -0.2) is 4.98 Å². The minimum atomic E-state index is 0.0539. The second-order valence-corrected chi connectivity index (χ2v) is 5.20. The van der Waals surface area contributed by atoms with E-state index in [4.69, 9.17) is 10.5 Å². The lowest BCUT2D eigenvalue weighted by Crippen LogP contribution is -2.31. The number of ether oxygens (including phenoxy) is 1. The van der Waals surface area contributed by atoms with E-state index in [1.54, 1.807) is 0 Å². The summed E-state index contributed by atoms with van der Waals surface area (Å²) in [7, 11) is 2.09. The predicted molar refractivity (Wildman–Crippen MR) is 73.7 cm³/mol. The van der Waals surface area contributed by atoms with Crippen molar-refractivity contribution in [2.24, 2.45) is 11.7 Å². The average Bonchev–Trinajstić information content (AvgIpc) is 2.40. The maximum atomic E-state index is 5.90. The largest absolute Gasteiger partial charge is 0.381 e. The van der Waals surface area contributed by atoms with Crippen LogP contribution in [0.2, 0.25) is 0 Å². The third-order valence-corrected chi connectivity index (χ3v) is 3.47. The summed E-state index contributed by atoms with van der Waals surface area (Å²) in [5.74, 6) is 1.61. The Kier molecular flexibility index (Phi) is 4.55. The molecule has 0 aliphatic carbocycles. The molecule has 0 saturated carbocycles. The average molecular weight is 249 g/mol. The summed E-state index contributed by atoms with van der Waals surface area (Å²) in [6.07, 6.45) is 4.25. The molecule has 100 valence electrons. The van der Waals surface area contributed by atoms with Gasteiger partial charge in [0.1, 0.15) is 5.82 Å². The molecule has 2 N–H and O–H groups in total. The van der Waals surface area contributed by atoms with Gasteiger partial charge in [0.25, 0.3) is 0 Å². The van der Waals surface area contributed by atoms with Gasteiger partial charge in [0.05, 0.1) is 6.61 Å². The Bertz CT molecular complexity index is 375. The molecule has 4 heteroatoms. The predicted octanol–water partition coefficient (Wildman–Crippen LogP) is 1.96. The third-order valence-electron chi connectivity index (χ3n) is 3.47. The smallest absolute Gasteiger partial charge is 0.128 e. The van der Waals surface area contributed by atoms with Gasteiger partial charge < -0.3 is 15.4 Å². The van der Waals surface area contributed by atoms with E-state index in [2.05, 4.69) is 23.0 Å². The number of rotatable bonds is 4. The number of hydrogen-bond donors (Lipinski definition) is 1. The van der Waals surface area contributed by atoms with Gasteiger partial charge in [0, 0.05) is 32.4 Å². The first-order valence-electron chi connectivity index (χ1n) is 6.67. The van der Waals surface area contributed by atoms with Crippen LogP contribution in [0.1, 0.15) is 31.4 Å². The number of aromatic nitrogens is 1. The van der Waals surface area contributed by atoms with Crippen molar-refractivity contribution < 1.29 is 4.74 Å². The van der Waals surface area contributed by atoms with Gasteiger partial charge >= 0.3 is 0 Å². The lowest BCUT2D eigenvalue weighted by Gasteiger charge is -2.28. The molecule has 1 saturated heterocycles. The van der Waals surface area contributed by atoms with Crippen LogP contribution in [0.15, 0.2) is 18.3 Å². The molecule has 4 nitrogen and oxygen atoms in total. The number of hydrogen-bond acceptors (Lipinski definition) is 4. The SMILES string of the molecule is C[C@H](N)c1ccnc(N(C)CC2CCCOC2)c1. The summed E-state index contributed by atoms with van der Waals surface area (Å²) in [5.41, 5.74) is 7.03. The summed E-state index contributed by atoms with van der Waals surface area (Å²) in [5, 5.41) is 0. The summed E-state index contributed by atoms with van der Waals surface area (Å²) in [6, 6.07) is 4.11. The van der Waals surface area contributed by atoms with Crippen LogP contribution in [-0.2, 0) is 4.74 Å². The molecule has 0 spiro atoms.